The van der Waals surface area contributed by atoms with E-state index >= 15 is 0 Å². The van der Waals surface area contributed by atoms with Crippen LogP contribution < -0.4 is 10.5 Å². The van der Waals surface area contributed by atoms with Crippen LogP contribution in [0.5, 0.6) is 0 Å². The van der Waals surface area contributed by atoms with Gasteiger partial charge in [-0.2, -0.15) is 0 Å². The van der Waals surface area contributed by atoms with Crippen molar-refractivity contribution in [3.63, 3.8) is 0 Å². The molecule has 0 aliphatic carbocycles. The molecule has 2 aromatic heterocycles. The topological polar surface area (TPSA) is 72.2 Å². The molecule has 0 aromatic carbocycles. The minimum Gasteiger partial charge on any atom is -0.326 e. The van der Waals surface area contributed by atoms with E-state index in [9.17, 15) is 8.42 Å². The maximum atomic E-state index is 12.3. The Morgan fingerprint density at radius 3 is 2.60 bits per heavy atom. The molecule has 3 N–H and O–H groups in total. The van der Waals surface area contributed by atoms with E-state index in [2.05, 4.69) is 4.72 Å². The second-order valence-electron chi connectivity index (χ2n) is 4.36. The van der Waals surface area contributed by atoms with E-state index in [1.165, 1.54) is 22.7 Å². The lowest BCUT2D eigenvalue weighted by atomic mass is 10.3. The number of hydrogen-bond donors (Lipinski definition) is 2. The molecule has 0 saturated heterocycles. The first-order valence-corrected chi connectivity index (χ1v) is 9.40. The molecule has 0 bridgehead atoms. The highest BCUT2D eigenvalue weighted by atomic mass is 35.5. The first-order chi connectivity index (χ1) is 9.33. The molecule has 8 heteroatoms. The number of rotatable bonds is 5. The first kappa shape index (κ1) is 15.9. The summed E-state index contributed by atoms with van der Waals surface area (Å²) in [5.74, 6) is 0. The van der Waals surface area contributed by atoms with Gasteiger partial charge in [-0.15, -0.1) is 22.7 Å². The van der Waals surface area contributed by atoms with E-state index in [4.69, 9.17) is 17.3 Å². The molecule has 0 saturated carbocycles. The molecule has 0 amide bonds. The van der Waals surface area contributed by atoms with Crippen LogP contribution in [0.2, 0.25) is 4.34 Å². The monoisotopic (exact) mass is 350 g/mol. The third-order valence-corrected chi connectivity index (χ3v) is 7.49. The van der Waals surface area contributed by atoms with E-state index < -0.39 is 10.0 Å². The molecule has 2 rings (SSSR count). The van der Waals surface area contributed by atoms with Gasteiger partial charge < -0.3 is 5.73 Å². The molecule has 1 unspecified atom stereocenters. The summed E-state index contributed by atoms with van der Waals surface area (Å²) >= 11 is 8.44. The minimum atomic E-state index is -3.53. The summed E-state index contributed by atoms with van der Waals surface area (Å²) in [4.78, 5) is 1.77. The van der Waals surface area contributed by atoms with Crippen molar-refractivity contribution in [1.82, 2.24) is 4.72 Å². The van der Waals surface area contributed by atoms with Crippen molar-refractivity contribution in [2.45, 2.75) is 30.6 Å². The number of hydrogen-bond acceptors (Lipinski definition) is 5. The molecule has 4 nitrogen and oxygen atoms in total. The highest BCUT2D eigenvalue weighted by molar-refractivity contribution is 7.91. The summed E-state index contributed by atoms with van der Waals surface area (Å²) in [6.45, 7) is 4.01. The molecule has 110 valence electrons. The Morgan fingerprint density at radius 2 is 2.10 bits per heavy atom. The van der Waals surface area contributed by atoms with Gasteiger partial charge in [0.15, 0.2) is 0 Å². The fourth-order valence-electron chi connectivity index (χ4n) is 1.73. The largest absolute Gasteiger partial charge is 0.326 e. The molecule has 0 aliphatic heterocycles. The van der Waals surface area contributed by atoms with E-state index in [0.29, 0.717) is 15.1 Å². The summed E-state index contributed by atoms with van der Waals surface area (Å²) in [5, 5.41) is 0. The molecule has 2 aromatic rings. The van der Waals surface area contributed by atoms with Crippen molar-refractivity contribution >= 4 is 44.3 Å². The van der Waals surface area contributed by atoms with Crippen molar-refractivity contribution < 1.29 is 8.42 Å². The lowest BCUT2D eigenvalue weighted by Crippen LogP contribution is -2.25. The van der Waals surface area contributed by atoms with Gasteiger partial charge in [0.1, 0.15) is 4.21 Å². The van der Waals surface area contributed by atoms with Gasteiger partial charge in [-0.05, 0) is 37.6 Å². The average Bonchev–Trinajstić information content (AvgIpc) is 2.95. The van der Waals surface area contributed by atoms with Gasteiger partial charge in [0.05, 0.1) is 10.4 Å². The smallest absolute Gasteiger partial charge is 0.250 e. The van der Waals surface area contributed by atoms with E-state index in [-0.39, 0.29) is 6.04 Å². The third kappa shape index (κ3) is 3.41. The van der Waals surface area contributed by atoms with Gasteiger partial charge in [0.25, 0.3) is 10.0 Å². The lowest BCUT2D eigenvalue weighted by molar-refractivity contribution is 0.570. The molecule has 1 atom stereocenters. The van der Waals surface area contributed by atoms with Crippen molar-refractivity contribution in [3.8, 4) is 0 Å². The SMILES string of the molecule is Cc1cc(S(=O)(=O)NC(C)c2ccc(Cl)s2)sc1CN. The van der Waals surface area contributed by atoms with Crippen molar-refractivity contribution in [2.75, 3.05) is 0 Å². The van der Waals surface area contributed by atoms with E-state index in [1.54, 1.807) is 19.1 Å². The Kier molecular flexibility index (Phi) is 4.88. The van der Waals surface area contributed by atoms with Gasteiger partial charge >= 0.3 is 0 Å². The van der Waals surface area contributed by atoms with Crippen molar-refractivity contribution in [3.05, 3.63) is 37.9 Å². The predicted octanol–water partition coefficient (Wildman–Crippen LogP) is 3.27. The molecule has 20 heavy (non-hydrogen) atoms. The fourth-order valence-corrected chi connectivity index (χ4v) is 5.58. The lowest BCUT2D eigenvalue weighted by Gasteiger charge is -2.11. The zero-order valence-corrected chi connectivity index (χ0v) is 14.2. The van der Waals surface area contributed by atoms with E-state index in [0.717, 1.165) is 15.3 Å². The number of halogens is 1. The van der Waals surface area contributed by atoms with Crippen LogP contribution in [-0.2, 0) is 16.6 Å². The maximum absolute atomic E-state index is 12.3. The van der Waals surface area contributed by atoms with E-state index in [1.807, 2.05) is 13.0 Å². The average molecular weight is 351 g/mol. The number of sulfonamides is 1. The summed E-state index contributed by atoms with van der Waals surface area (Å²) in [5.41, 5.74) is 6.49. The normalized spacial score (nSPS) is 13.6. The zero-order valence-electron chi connectivity index (χ0n) is 11.0. The van der Waals surface area contributed by atoms with Gasteiger partial charge in [-0.3, -0.25) is 0 Å². The molecule has 0 fully saturated rings. The quantitative estimate of drug-likeness (QED) is 0.869. The highest BCUT2D eigenvalue weighted by Gasteiger charge is 2.22. The first-order valence-electron chi connectivity index (χ1n) is 5.90. The van der Waals surface area contributed by atoms with Crippen LogP contribution in [0.1, 0.15) is 28.3 Å². The third-order valence-electron chi connectivity index (χ3n) is 2.80. The van der Waals surface area contributed by atoms with Crippen LogP contribution >= 0.6 is 34.3 Å². The molecule has 2 heterocycles. The van der Waals surface area contributed by atoms with Crippen molar-refractivity contribution in [2.24, 2.45) is 5.73 Å². The Bertz CT molecular complexity index is 706. The summed E-state index contributed by atoms with van der Waals surface area (Å²) in [6, 6.07) is 4.92. The molecular weight excluding hydrogens is 336 g/mol. The standard InChI is InChI=1S/C12H15ClN2O2S3/c1-7-5-12(19-10(7)6-14)20(16,17)15-8(2)9-3-4-11(13)18-9/h3-5,8,15H,6,14H2,1-2H3. The predicted molar refractivity (Wildman–Crippen MR) is 85.0 cm³/mol. The van der Waals surface area contributed by atoms with Crippen molar-refractivity contribution in [1.29, 1.82) is 0 Å². The van der Waals surface area contributed by atoms with Gasteiger partial charge in [0.2, 0.25) is 0 Å². The number of nitrogens with two attached hydrogens (primary N) is 1. The van der Waals surface area contributed by atoms with Crippen LogP contribution in [0.4, 0.5) is 0 Å². The summed E-state index contributed by atoms with van der Waals surface area (Å²) in [6.07, 6.45) is 0. The highest BCUT2D eigenvalue weighted by Crippen LogP contribution is 2.30. The van der Waals surface area contributed by atoms with Gasteiger partial charge in [-0.1, -0.05) is 11.6 Å². The van der Waals surface area contributed by atoms with Crippen LogP contribution in [0, 0.1) is 6.92 Å². The molecule has 0 spiro atoms. The van der Waals surface area contributed by atoms with Crippen LogP contribution in [-0.4, -0.2) is 8.42 Å². The van der Waals surface area contributed by atoms with Gasteiger partial charge in [-0.25, -0.2) is 13.1 Å². The Morgan fingerprint density at radius 1 is 1.40 bits per heavy atom. The zero-order chi connectivity index (χ0) is 14.9. The summed E-state index contributed by atoms with van der Waals surface area (Å²) in [7, 11) is -3.53. The van der Waals surface area contributed by atoms with Crippen LogP contribution in [0.15, 0.2) is 22.4 Å². The number of thiophene rings is 2. The van der Waals surface area contributed by atoms with Crippen LogP contribution in [0.3, 0.4) is 0 Å². The molecule has 0 radical (unpaired) electrons. The Labute approximate surface area is 131 Å². The Balaban J connectivity index is 2.22. The molecular formula is C12H15ClN2O2S3. The van der Waals surface area contributed by atoms with Crippen LogP contribution in [0.25, 0.3) is 0 Å². The Hall–Kier alpha value is -0.440. The fraction of sp³-hybridized carbons (Fsp3) is 0.333. The number of aryl methyl sites for hydroxylation is 1. The molecule has 0 aliphatic rings. The summed E-state index contributed by atoms with van der Waals surface area (Å²) < 4.78 is 28.3. The second-order valence-corrected chi connectivity index (χ2v) is 9.18. The van der Waals surface area contributed by atoms with Gasteiger partial charge in [0, 0.05) is 16.3 Å². The maximum Gasteiger partial charge on any atom is 0.250 e. The number of nitrogens with one attached hydrogen (secondary N) is 1. The minimum absolute atomic E-state index is 0.296. The second kappa shape index (κ2) is 6.13.